The average molecular weight is 234 g/mol. The Kier molecular flexibility index (Phi) is 2.81. The second-order valence-electron chi connectivity index (χ2n) is 5.02. The maximum atomic E-state index is 8.99. The van der Waals surface area contributed by atoms with Gasteiger partial charge >= 0.3 is 0 Å². The Hall–Kier alpha value is -1.06. The smallest absolute Gasteiger partial charge is 0.122 e. The van der Waals surface area contributed by atoms with E-state index in [0.29, 0.717) is 0 Å². The van der Waals surface area contributed by atoms with Crippen LogP contribution in [-0.2, 0) is 16.6 Å². The van der Waals surface area contributed by atoms with E-state index < -0.39 is 0 Å². The lowest BCUT2D eigenvalue weighted by Gasteiger charge is -2.42. The molecule has 0 bridgehead atoms. The molecule has 0 atom stereocenters. The maximum absolute atomic E-state index is 8.99. The summed E-state index contributed by atoms with van der Waals surface area (Å²) in [5, 5.41) is 8.99. The fourth-order valence-electron chi connectivity index (χ4n) is 2.74. The minimum Gasteiger partial charge on any atom is -0.493 e. The quantitative estimate of drug-likeness (QED) is 0.861. The topological polar surface area (TPSA) is 38.7 Å². The van der Waals surface area contributed by atoms with Gasteiger partial charge in [-0.05, 0) is 30.0 Å². The highest BCUT2D eigenvalue weighted by Crippen LogP contribution is 2.39. The van der Waals surface area contributed by atoms with Crippen LogP contribution in [0.25, 0.3) is 0 Å². The van der Waals surface area contributed by atoms with E-state index in [1.807, 2.05) is 0 Å². The Balaban J connectivity index is 1.86. The standard InChI is InChI=1S/C14H18O3/c15-6-1-5-14(9-16-10-14)12-2-3-13-11(8-12)4-7-17-13/h2-3,8,15H,1,4-7,9-10H2. The molecule has 1 fully saturated rings. The highest BCUT2D eigenvalue weighted by molar-refractivity contribution is 5.43. The number of hydrogen-bond donors (Lipinski definition) is 1. The first-order valence-corrected chi connectivity index (χ1v) is 6.29. The summed E-state index contributed by atoms with van der Waals surface area (Å²) < 4.78 is 10.9. The number of fused-ring (bicyclic) bond motifs is 1. The zero-order valence-corrected chi connectivity index (χ0v) is 9.95. The van der Waals surface area contributed by atoms with Gasteiger partial charge in [0.25, 0.3) is 0 Å². The Bertz CT molecular complexity index is 410. The normalized spacial score (nSPS) is 20.5. The number of aliphatic hydroxyl groups excluding tert-OH is 1. The molecule has 0 unspecified atom stereocenters. The highest BCUT2D eigenvalue weighted by Gasteiger charge is 2.40. The molecule has 0 aromatic heterocycles. The second kappa shape index (κ2) is 4.31. The zero-order chi connectivity index (χ0) is 11.7. The Morgan fingerprint density at radius 2 is 2.18 bits per heavy atom. The molecule has 0 radical (unpaired) electrons. The molecular weight excluding hydrogens is 216 g/mol. The van der Waals surface area contributed by atoms with Crippen molar-refractivity contribution >= 4 is 0 Å². The van der Waals surface area contributed by atoms with Gasteiger partial charge in [0.05, 0.1) is 19.8 Å². The summed E-state index contributed by atoms with van der Waals surface area (Å²) in [6.07, 6.45) is 2.86. The third-order valence-electron chi connectivity index (χ3n) is 3.87. The van der Waals surface area contributed by atoms with Crippen LogP contribution in [0.3, 0.4) is 0 Å². The monoisotopic (exact) mass is 234 g/mol. The molecule has 2 aliphatic rings. The molecule has 2 heterocycles. The van der Waals surface area contributed by atoms with Crippen LogP contribution in [0.4, 0.5) is 0 Å². The van der Waals surface area contributed by atoms with E-state index in [4.69, 9.17) is 14.6 Å². The van der Waals surface area contributed by atoms with Crippen molar-refractivity contribution in [1.82, 2.24) is 0 Å². The van der Waals surface area contributed by atoms with Crippen molar-refractivity contribution in [3.8, 4) is 5.75 Å². The maximum Gasteiger partial charge on any atom is 0.122 e. The molecule has 1 aromatic carbocycles. The number of rotatable bonds is 4. The van der Waals surface area contributed by atoms with E-state index in [-0.39, 0.29) is 12.0 Å². The molecule has 1 N–H and O–H groups in total. The van der Waals surface area contributed by atoms with Crippen LogP contribution in [0.2, 0.25) is 0 Å². The van der Waals surface area contributed by atoms with Crippen LogP contribution in [-0.4, -0.2) is 31.5 Å². The summed E-state index contributed by atoms with van der Waals surface area (Å²) in [4.78, 5) is 0. The van der Waals surface area contributed by atoms with Gasteiger partial charge < -0.3 is 14.6 Å². The van der Waals surface area contributed by atoms with Crippen LogP contribution < -0.4 is 4.74 Å². The van der Waals surface area contributed by atoms with Gasteiger partial charge in [-0.3, -0.25) is 0 Å². The van der Waals surface area contributed by atoms with E-state index in [1.165, 1.54) is 11.1 Å². The lowest BCUT2D eigenvalue weighted by molar-refractivity contribution is -0.0665. The minimum absolute atomic E-state index is 0.139. The van der Waals surface area contributed by atoms with Crippen LogP contribution in [0.1, 0.15) is 24.0 Å². The molecule has 3 nitrogen and oxygen atoms in total. The van der Waals surface area contributed by atoms with Crippen LogP contribution >= 0.6 is 0 Å². The van der Waals surface area contributed by atoms with Gasteiger partial charge in [0.1, 0.15) is 5.75 Å². The summed E-state index contributed by atoms with van der Waals surface area (Å²) in [7, 11) is 0. The molecule has 92 valence electrons. The van der Waals surface area contributed by atoms with Crippen molar-refractivity contribution in [2.24, 2.45) is 0 Å². The fraction of sp³-hybridized carbons (Fsp3) is 0.571. The van der Waals surface area contributed by atoms with Gasteiger partial charge in [-0.15, -0.1) is 0 Å². The zero-order valence-electron chi connectivity index (χ0n) is 9.95. The number of benzene rings is 1. The van der Waals surface area contributed by atoms with E-state index in [0.717, 1.165) is 44.8 Å². The van der Waals surface area contributed by atoms with Crippen molar-refractivity contribution in [1.29, 1.82) is 0 Å². The third-order valence-corrected chi connectivity index (χ3v) is 3.87. The minimum atomic E-state index is 0.139. The molecule has 0 aliphatic carbocycles. The van der Waals surface area contributed by atoms with E-state index in [1.54, 1.807) is 0 Å². The lowest BCUT2D eigenvalue weighted by atomic mass is 9.74. The second-order valence-corrected chi connectivity index (χ2v) is 5.02. The molecule has 3 rings (SSSR count). The fourth-order valence-corrected chi connectivity index (χ4v) is 2.74. The van der Waals surface area contributed by atoms with Crippen LogP contribution in [0.15, 0.2) is 18.2 Å². The number of ether oxygens (including phenoxy) is 2. The summed E-state index contributed by atoms with van der Waals surface area (Å²) in [5.41, 5.74) is 2.81. The first kappa shape index (κ1) is 11.1. The predicted octanol–water partition coefficient (Wildman–Crippen LogP) is 1.66. The summed E-state index contributed by atoms with van der Waals surface area (Å²) in [6.45, 7) is 2.63. The van der Waals surface area contributed by atoms with Crippen molar-refractivity contribution in [2.45, 2.75) is 24.7 Å². The van der Waals surface area contributed by atoms with Crippen molar-refractivity contribution in [3.05, 3.63) is 29.3 Å². The number of hydrogen-bond acceptors (Lipinski definition) is 3. The first-order chi connectivity index (χ1) is 8.34. The van der Waals surface area contributed by atoms with Gasteiger partial charge in [0.2, 0.25) is 0 Å². The van der Waals surface area contributed by atoms with Crippen LogP contribution in [0.5, 0.6) is 5.75 Å². The third kappa shape index (κ3) is 1.83. The Labute approximate surface area is 101 Å². The SMILES string of the molecule is OCCCC1(c2ccc3c(c2)CCO3)COC1. The molecule has 17 heavy (non-hydrogen) atoms. The van der Waals surface area contributed by atoms with Gasteiger partial charge in [0.15, 0.2) is 0 Å². The van der Waals surface area contributed by atoms with Crippen molar-refractivity contribution in [2.75, 3.05) is 26.4 Å². The van der Waals surface area contributed by atoms with E-state index in [9.17, 15) is 0 Å². The van der Waals surface area contributed by atoms with Gasteiger partial charge in [-0.1, -0.05) is 12.1 Å². The number of aliphatic hydroxyl groups is 1. The largest absolute Gasteiger partial charge is 0.493 e. The Morgan fingerprint density at radius 1 is 1.29 bits per heavy atom. The first-order valence-electron chi connectivity index (χ1n) is 6.29. The van der Waals surface area contributed by atoms with Gasteiger partial charge in [-0.25, -0.2) is 0 Å². The van der Waals surface area contributed by atoms with Gasteiger partial charge in [-0.2, -0.15) is 0 Å². The average Bonchev–Trinajstić information content (AvgIpc) is 2.75. The summed E-state index contributed by atoms with van der Waals surface area (Å²) in [5.74, 6) is 1.03. The molecule has 3 heteroatoms. The molecule has 0 amide bonds. The summed E-state index contributed by atoms with van der Waals surface area (Å²) in [6, 6.07) is 6.50. The molecular formula is C14H18O3. The Morgan fingerprint density at radius 3 is 2.88 bits per heavy atom. The highest BCUT2D eigenvalue weighted by atomic mass is 16.5. The van der Waals surface area contributed by atoms with Gasteiger partial charge in [0, 0.05) is 18.4 Å². The van der Waals surface area contributed by atoms with E-state index in [2.05, 4.69) is 18.2 Å². The molecule has 0 spiro atoms. The lowest BCUT2D eigenvalue weighted by Crippen LogP contribution is -2.46. The van der Waals surface area contributed by atoms with E-state index >= 15 is 0 Å². The van der Waals surface area contributed by atoms with Crippen molar-refractivity contribution < 1.29 is 14.6 Å². The van der Waals surface area contributed by atoms with Crippen molar-refractivity contribution in [3.63, 3.8) is 0 Å². The van der Waals surface area contributed by atoms with Crippen LogP contribution in [0, 0.1) is 0 Å². The molecule has 1 aromatic rings. The molecule has 2 aliphatic heterocycles. The molecule has 0 saturated carbocycles. The summed E-state index contributed by atoms with van der Waals surface area (Å²) >= 11 is 0. The predicted molar refractivity (Wildman–Crippen MR) is 64.5 cm³/mol. The molecule has 1 saturated heterocycles.